The van der Waals surface area contributed by atoms with Crippen LogP contribution in [-0.4, -0.2) is 48.7 Å². The van der Waals surface area contributed by atoms with Crippen LogP contribution in [0.4, 0.5) is 0 Å². The number of esters is 2. The molecule has 2 aliphatic carbocycles. The van der Waals surface area contributed by atoms with E-state index in [-0.39, 0.29) is 29.4 Å². The van der Waals surface area contributed by atoms with Gasteiger partial charge in [0.05, 0.1) is 0 Å². The fourth-order valence-electron chi connectivity index (χ4n) is 5.74. The number of ether oxygens (including phenoxy) is 3. The third-order valence-corrected chi connectivity index (χ3v) is 6.67. The molecule has 6 heteroatoms. The van der Waals surface area contributed by atoms with Crippen LogP contribution in [0.3, 0.4) is 0 Å². The van der Waals surface area contributed by atoms with E-state index in [9.17, 15) is 9.59 Å². The number of piperidine rings is 1. The lowest BCUT2D eigenvalue weighted by Gasteiger charge is -2.56. The van der Waals surface area contributed by atoms with E-state index in [1.54, 1.807) is 0 Å². The number of hydrogen-bond acceptors (Lipinski definition) is 6. The predicted molar refractivity (Wildman–Crippen MR) is 96.8 cm³/mol. The van der Waals surface area contributed by atoms with Crippen LogP contribution in [-0.2, 0) is 26.2 Å². The fourth-order valence-corrected chi connectivity index (χ4v) is 5.74. The van der Waals surface area contributed by atoms with Crippen LogP contribution >= 0.6 is 0 Å². The molecule has 6 nitrogen and oxygen atoms in total. The highest BCUT2D eigenvalue weighted by Gasteiger charge is 2.65. The minimum atomic E-state index is -0.439. The van der Waals surface area contributed by atoms with E-state index in [1.165, 1.54) is 19.4 Å². The number of benzene rings is 1. The summed E-state index contributed by atoms with van der Waals surface area (Å²) in [6.45, 7) is 3.77. The van der Waals surface area contributed by atoms with Gasteiger partial charge in [0.1, 0.15) is 6.10 Å². The highest BCUT2D eigenvalue weighted by molar-refractivity contribution is 5.73. The van der Waals surface area contributed by atoms with Gasteiger partial charge < -0.3 is 19.1 Å². The highest BCUT2D eigenvalue weighted by atomic mass is 16.6. The van der Waals surface area contributed by atoms with Gasteiger partial charge in [0.2, 0.25) is 0 Å². The summed E-state index contributed by atoms with van der Waals surface area (Å²) in [6.07, 6.45) is 5.31. The predicted octanol–water partition coefficient (Wildman–Crippen LogP) is 1.99. The van der Waals surface area contributed by atoms with Gasteiger partial charge in [-0.2, -0.15) is 0 Å². The Hall–Kier alpha value is -2.34. The van der Waals surface area contributed by atoms with Crippen molar-refractivity contribution < 1.29 is 23.8 Å². The first-order chi connectivity index (χ1) is 12.9. The Morgan fingerprint density at radius 1 is 1.22 bits per heavy atom. The Bertz CT molecular complexity index is 878. The van der Waals surface area contributed by atoms with Crippen LogP contribution in [0.15, 0.2) is 24.3 Å². The Balaban J connectivity index is 1.71. The lowest BCUT2D eigenvalue weighted by Crippen LogP contribution is -2.65. The van der Waals surface area contributed by atoms with Crippen molar-refractivity contribution in [3.8, 4) is 11.5 Å². The molecule has 1 aromatic carbocycles. The molecule has 2 aliphatic heterocycles. The Morgan fingerprint density at radius 2 is 2.04 bits per heavy atom. The molecule has 142 valence electrons. The van der Waals surface area contributed by atoms with Crippen LogP contribution < -0.4 is 9.47 Å². The first kappa shape index (κ1) is 16.8. The molecule has 0 aromatic heterocycles. The van der Waals surface area contributed by atoms with E-state index < -0.39 is 6.10 Å². The molecule has 5 atom stereocenters. The van der Waals surface area contributed by atoms with Gasteiger partial charge >= 0.3 is 11.9 Å². The third kappa shape index (κ3) is 2.16. The summed E-state index contributed by atoms with van der Waals surface area (Å²) >= 11 is 0. The van der Waals surface area contributed by atoms with Gasteiger partial charge in [0, 0.05) is 36.8 Å². The van der Waals surface area contributed by atoms with E-state index in [1.807, 2.05) is 12.1 Å². The summed E-state index contributed by atoms with van der Waals surface area (Å²) in [5.74, 6) is 0.712. The number of likely N-dealkylation sites (N-methyl/N-ethyl adjacent to an activating group) is 1. The second-order valence-electron chi connectivity index (χ2n) is 8.09. The molecule has 1 saturated heterocycles. The summed E-state index contributed by atoms with van der Waals surface area (Å²) in [6, 6.07) is 4.28. The highest BCUT2D eigenvalue weighted by Crippen LogP contribution is 2.62. The molecule has 1 spiro atoms. The molecule has 1 unspecified atom stereocenters. The fraction of sp³-hybridized carbons (Fsp3) is 0.524. The van der Waals surface area contributed by atoms with E-state index >= 15 is 0 Å². The Labute approximate surface area is 158 Å². The summed E-state index contributed by atoms with van der Waals surface area (Å²) in [5, 5.41) is 0. The quantitative estimate of drug-likeness (QED) is 0.451. The van der Waals surface area contributed by atoms with Crippen LogP contribution in [0.2, 0.25) is 0 Å². The Morgan fingerprint density at radius 3 is 2.78 bits per heavy atom. The van der Waals surface area contributed by atoms with E-state index in [4.69, 9.17) is 14.2 Å². The number of rotatable bonds is 2. The van der Waals surface area contributed by atoms with Crippen LogP contribution in [0.1, 0.15) is 31.4 Å². The average molecular weight is 369 g/mol. The van der Waals surface area contributed by atoms with Crippen molar-refractivity contribution in [2.24, 2.45) is 5.92 Å². The van der Waals surface area contributed by atoms with E-state index in [0.29, 0.717) is 17.5 Å². The van der Waals surface area contributed by atoms with Gasteiger partial charge in [0.25, 0.3) is 0 Å². The second-order valence-corrected chi connectivity index (χ2v) is 8.09. The van der Waals surface area contributed by atoms with Gasteiger partial charge in [-0.3, -0.25) is 9.59 Å². The molecule has 0 amide bonds. The summed E-state index contributed by atoms with van der Waals surface area (Å²) in [7, 11) is 2.17. The van der Waals surface area contributed by atoms with Crippen molar-refractivity contribution in [2.75, 3.05) is 13.6 Å². The van der Waals surface area contributed by atoms with Gasteiger partial charge in [-0.25, -0.2) is 0 Å². The molecule has 4 aliphatic rings. The number of nitrogens with zero attached hydrogens (tertiary/aromatic N) is 1. The third-order valence-electron chi connectivity index (χ3n) is 6.67. The van der Waals surface area contributed by atoms with Gasteiger partial charge in [-0.15, -0.1) is 0 Å². The lowest BCUT2D eigenvalue weighted by atomic mass is 9.53. The van der Waals surface area contributed by atoms with Gasteiger partial charge in [-0.05, 0) is 44.1 Å². The topological polar surface area (TPSA) is 65.1 Å². The molecule has 0 N–H and O–H groups in total. The standard InChI is InChI=1S/C21H23NO5/c1-11(23)25-16-6-4-13-10-15-14-5-7-17(26-12(2)24)20-21(14,8-9-22(15)3)18(13)19(16)27-20/h4-7,14-15,17,20H,8-10H2,1-3H3/t14-,15+,17?,20-,21-/m0/s1. The van der Waals surface area contributed by atoms with E-state index in [2.05, 4.69) is 24.1 Å². The van der Waals surface area contributed by atoms with Gasteiger partial charge in [0.15, 0.2) is 17.6 Å². The number of hydrogen-bond donors (Lipinski definition) is 0. The minimum Gasteiger partial charge on any atom is -0.481 e. The normalized spacial score (nSPS) is 35.2. The number of likely N-dealkylation sites (tertiary alicyclic amines) is 1. The van der Waals surface area contributed by atoms with Crippen molar-refractivity contribution in [2.45, 2.75) is 50.4 Å². The lowest BCUT2D eigenvalue weighted by molar-refractivity contribution is -0.152. The maximum Gasteiger partial charge on any atom is 0.308 e. The number of carbonyl (C=O) groups is 2. The first-order valence-corrected chi connectivity index (χ1v) is 9.49. The maximum atomic E-state index is 11.7. The largest absolute Gasteiger partial charge is 0.481 e. The van der Waals surface area contributed by atoms with Crippen molar-refractivity contribution in [3.63, 3.8) is 0 Å². The summed E-state index contributed by atoms with van der Waals surface area (Å²) in [4.78, 5) is 25.7. The van der Waals surface area contributed by atoms with Crippen molar-refractivity contribution >= 4 is 11.9 Å². The van der Waals surface area contributed by atoms with E-state index in [0.717, 1.165) is 24.9 Å². The van der Waals surface area contributed by atoms with Crippen molar-refractivity contribution in [3.05, 3.63) is 35.4 Å². The molecule has 0 saturated carbocycles. The van der Waals surface area contributed by atoms with Crippen LogP contribution in [0.5, 0.6) is 11.5 Å². The Kier molecular flexibility index (Phi) is 3.47. The van der Waals surface area contributed by atoms with Crippen LogP contribution in [0, 0.1) is 5.92 Å². The monoisotopic (exact) mass is 369 g/mol. The zero-order valence-corrected chi connectivity index (χ0v) is 15.7. The zero-order chi connectivity index (χ0) is 18.9. The van der Waals surface area contributed by atoms with Crippen molar-refractivity contribution in [1.29, 1.82) is 0 Å². The molecule has 2 bridgehead atoms. The average Bonchev–Trinajstić information content (AvgIpc) is 2.95. The zero-order valence-electron chi connectivity index (χ0n) is 15.7. The smallest absolute Gasteiger partial charge is 0.308 e. The van der Waals surface area contributed by atoms with Crippen molar-refractivity contribution in [1.82, 2.24) is 4.90 Å². The SMILES string of the molecule is CC(=O)Oc1ccc2c3c1O[C@H]1C(OC(C)=O)C=C[C@H]4[C@@H](C2)N(C)CC[C@]314. The number of carbonyl (C=O) groups excluding carboxylic acids is 2. The maximum absolute atomic E-state index is 11.7. The summed E-state index contributed by atoms with van der Waals surface area (Å²) in [5.41, 5.74) is 2.15. The minimum absolute atomic E-state index is 0.245. The molecular weight excluding hydrogens is 346 g/mol. The molecular formula is C21H23NO5. The van der Waals surface area contributed by atoms with Crippen LogP contribution in [0.25, 0.3) is 0 Å². The summed E-state index contributed by atoms with van der Waals surface area (Å²) < 4.78 is 17.5. The second kappa shape index (κ2) is 5.58. The van der Waals surface area contributed by atoms with Gasteiger partial charge in [-0.1, -0.05) is 12.1 Å². The molecule has 1 fully saturated rings. The molecule has 27 heavy (non-hydrogen) atoms. The molecule has 5 rings (SSSR count). The first-order valence-electron chi connectivity index (χ1n) is 9.49. The molecule has 1 aromatic rings. The molecule has 0 radical (unpaired) electrons. The molecule has 2 heterocycles.